The minimum atomic E-state index is -0.531. The first-order chi connectivity index (χ1) is 16.8. The Bertz CT molecular complexity index is 1360. The van der Waals surface area contributed by atoms with E-state index in [9.17, 15) is 4.79 Å². The van der Waals surface area contributed by atoms with E-state index in [2.05, 4.69) is 27.0 Å². The van der Waals surface area contributed by atoms with E-state index in [-0.39, 0.29) is 5.91 Å². The number of nitrogens with zero attached hydrogens (tertiary/aromatic N) is 3. The lowest BCUT2D eigenvalue weighted by Crippen LogP contribution is -2.35. The van der Waals surface area contributed by atoms with Crippen LogP contribution in [0.2, 0.25) is 0 Å². The largest absolute Gasteiger partial charge is 0.354 e. The second kappa shape index (κ2) is 10.1. The average Bonchev–Trinajstić information content (AvgIpc) is 3.24. The molecule has 0 saturated heterocycles. The number of aromatic nitrogens is 3. The molecule has 5 nitrogen and oxygen atoms in total. The van der Waals surface area contributed by atoms with Gasteiger partial charge in [-0.25, -0.2) is 4.98 Å². The van der Waals surface area contributed by atoms with Crippen molar-refractivity contribution in [3.8, 4) is 0 Å². The molecular formula is C29H26N4O. The molecule has 1 N–H and O–H groups in total. The van der Waals surface area contributed by atoms with Gasteiger partial charge in [0.25, 0.3) is 0 Å². The molecule has 5 rings (SSSR count). The summed E-state index contributed by atoms with van der Waals surface area (Å²) < 4.78 is 2.09. The molecule has 0 aliphatic rings. The molecular weight excluding hydrogens is 420 g/mol. The van der Waals surface area contributed by atoms with Crippen molar-refractivity contribution in [3.63, 3.8) is 0 Å². The van der Waals surface area contributed by atoms with E-state index in [1.54, 1.807) is 6.20 Å². The maximum absolute atomic E-state index is 13.7. The van der Waals surface area contributed by atoms with Crippen molar-refractivity contribution < 1.29 is 4.79 Å². The smallest absolute Gasteiger partial charge is 0.247 e. The molecule has 0 unspecified atom stereocenters. The van der Waals surface area contributed by atoms with E-state index in [1.165, 1.54) is 0 Å². The summed E-state index contributed by atoms with van der Waals surface area (Å²) in [5.41, 5.74) is 4.87. The Labute approximate surface area is 199 Å². The second-order valence-electron chi connectivity index (χ2n) is 8.22. The first-order valence-electron chi connectivity index (χ1n) is 11.5. The molecule has 0 saturated carbocycles. The van der Waals surface area contributed by atoms with Crippen LogP contribution in [0.25, 0.3) is 11.0 Å². The lowest BCUT2D eigenvalue weighted by Gasteiger charge is -2.22. The lowest BCUT2D eigenvalue weighted by atomic mass is 10.0. The monoisotopic (exact) mass is 446 g/mol. The zero-order chi connectivity index (χ0) is 23.2. The fourth-order valence-corrected chi connectivity index (χ4v) is 4.30. The third-order valence-corrected chi connectivity index (χ3v) is 5.90. The van der Waals surface area contributed by atoms with Gasteiger partial charge in [-0.3, -0.25) is 9.78 Å². The van der Waals surface area contributed by atoms with E-state index in [0.717, 1.165) is 33.7 Å². The molecule has 1 atom stereocenters. The van der Waals surface area contributed by atoms with Gasteiger partial charge in [0.15, 0.2) is 0 Å². The van der Waals surface area contributed by atoms with E-state index >= 15 is 0 Å². The van der Waals surface area contributed by atoms with Crippen LogP contribution >= 0.6 is 0 Å². The van der Waals surface area contributed by atoms with Gasteiger partial charge < -0.3 is 9.88 Å². The van der Waals surface area contributed by atoms with E-state index in [1.807, 2.05) is 91.0 Å². The van der Waals surface area contributed by atoms with Gasteiger partial charge in [0.05, 0.1) is 11.0 Å². The molecule has 5 heteroatoms. The molecule has 0 aliphatic carbocycles. The molecule has 0 spiro atoms. The Hall–Kier alpha value is -4.25. The highest BCUT2D eigenvalue weighted by molar-refractivity contribution is 5.87. The number of fused-ring (bicyclic) bond motifs is 1. The number of hydrogen-bond acceptors (Lipinski definition) is 3. The maximum atomic E-state index is 13.7. The highest BCUT2D eigenvalue weighted by Crippen LogP contribution is 2.28. The molecule has 2 aromatic heterocycles. The van der Waals surface area contributed by atoms with Crippen LogP contribution in [-0.2, 0) is 17.6 Å². The molecule has 3 aromatic carbocycles. The van der Waals surface area contributed by atoms with Crippen LogP contribution in [0, 0.1) is 0 Å². The summed E-state index contributed by atoms with van der Waals surface area (Å²) >= 11 is 0. The Morgan fingerprint density at radius 1 is 0.824 bits per heavy atom. The third-order valence-electron chi connectivity index (χ3n) is 5.90. The SMILES string of the molecule is O=C(NCCc1ccccn1)[C@H](c1ccccc1)n1c(Cc2ccccc2)nc2ccccc21. The summed E-state index contributed by atoms with van der Waals surface area (Å²) in [6.07, 6.45) is 3.09. The first-order valence-corrected chi connectivity index (χ1v) is 11.5. The van der Waals surface area contributed by atoms with Gasteiger partial charge in [0.2, 0.25) is 5.91 Å². The van der Waals surface area contributed by atoms with Crippen molar-refractivity contribution in [2.45, 2.75) is 18.9 Å². The lowest BCUT2D eigenvalue weighted by molar-refractivity contribution is -0.123. The van der Waals surface area contributed by atoms with Gasteiger partial charge in [-0.1, -0.05) is 78.9 Å². The number of nitrogens with one attached hydrogen (secondary N) is 1. The van der Waals surface area contributed by atoms with Gasteiger partial charge in [0.1, 0.15) is 11.9 Å². The van der Waals surface area contributed by atoms with Crippen molar-refractivity contribution >= 4 is 16.9 Å². The van der Waals surface area contributed by atoms with Crippen LogP contribution in [0.3, 0.4) is 0 Å². The minimum absolute atomic E-state index is 0.0559. The highest BCUT2D eigenvalue weighted by atomic mass is 16.2. The predicted molar refractivity (Wildman–Crippen MR) is 135 cm³/mol. The zero-order valence-corrected chi connectivity index (χ0v) is 18.8. The first kappa shape index (κ1) is 21.6. The number of carbonyl (C=O) groups is 1. The number of hydrogen-bond donors (Lipinski definition) is 1. The van der Waals surface area contributed by atoms with Crippen molar-refractivity contribution in [1.29, 1.82) is 0 Å². The number of carbonyl (C=O) groups excluding carboxylic acids is 1. The topological polar surface area (TPSA) is 59.8 Å². The minimum Gasteiger partial charge on any atom is -0.354 e. The maximum Gasteiger partial charge on any atom is 0.247 e. The van der Waals surface area contributed by atoms with E-state index in [0.29, 0.717) is 19.4 Å². The summed E-state index contributed by atoms with van der Waals surface area (Å²) in [6.45, 7) is 0.514. The third kappa shape index (κ3) is 4.74. The second-order valence-corrected chi connectivity index (χ2v) is 8.22. The van der Waals surface area contributed by atoms with Gasteiger partial charge in [-0.15, -0.1) is 0 Å². The van der Waals surface area contributed by atoms with Crippen LogP contribution in [0.15, 0.2) is 109 Å². The molecule has 5 aromatic rings. The molecule has 168 valence electrons. The Morgan fingerprint density at radius 2 is 1.53 bits per heavy atom. The number of para-hydroxylation sites is 2. The molecule has 2 heterocycles. The Morgan fingerprint density at radius 3 is 2.29 bits per heavy atom. The van der Waals surface area contributed by atoms with E-state index in [4.69, 9.17) is 4.98 Å². The van der Waals surface area contributed by atoms with Crippen LogP contribution in [-0.4, -0.2) is 27.0 Å². The Balaban J connectivity index is 1.52. The fourth-order valence-electron chi connectivity index (χ4n) is 4.30. The molecule has 0 aliphatic heterocycles. The summed E-state index contributed by atoms with van der Waals surface area (Å²) in [5, 5.41) is 3.15. The molecule has 34 heavy (non-hydrogen) atoms. The molecule has 0 radical (unpaired) electrons. The zero-order valence-electron chi connectivity index (χ0n) is 18.8. The summed E-state index contributed by atoms with van der Waals surface area (Å²) in [7, 11) is 0. The van der Waals surface area contributed by atoms with Crippen molar-refractivity contribution in [2.24, 2.45) is 0 Å². The number of pyridine rings is 1. The van der Waals surface area contributed by atoms with Gasteiger partial charge in [0, 0.05) is 31.3 Å². The van der Waals surface area contributed by atoms with Crippen molar-refractivity contribution in [2.75, 3.05) is 6.54 Å². The molecule has 1 amide bonds. The molecule has 0 bridgehead atoms. The van der Waals surface area contributed by atoms with Gasteiger partial charge in [-0.05, 0) is 35.4 Å². The fraction of sp³-hybridized carbons (Fsp3) is 0.138. The molecule has 0 fully saturated rings. The normalized spacial score (nSPS) is 11.9. The number of rotatable bonds is 8. The average molecular weight is 447 g/mol. The van der Waals surface area contributed by atoms with Crippen LogP contribution in [0.5, 0.6) is 0 Å². The number of benzene rings is 3. The summed E-state index contributed by atoms with van der Waals surface area (Å²) in [5.74, 6) is 0.806. The number of imidazole rings is 1. The summed E-state index contributed by atoms with van der Waals surface area (Å²) in [6, 6.07) is 33.5. The Kier molecular flexibility index (Phi) is 6.43. The quantitative estimate of drug-likeness (QED) is 0.366. The highest BCUT2D eigenvalue weighted by Gasteiger charge is 2.27. The predicted octanol–water partition coefficient (Wildman–Crippen LogP) is 4.97. The van der Waals surface area contributed by atoms with Crippen LogP contribution < -0.4 is 5.32 Å². The van der Waals surface area contributed by atoms with Gasteiger partial charge >= 0.3 is 0 Å². The number of amides is 1. The van der Waals surface area contributed by atoms with Crippen LogP contribution in [0.1, 0.15) is 28.7 Å². The van der Waals surface area contributed by atoms with Gasteiger partial charge in [-0.2, -0.15) is 0 Å². The van der Waals surface area contributed by atoms with Crippen LogP contribution in [0.4, 0.5) is 0 Å². The van der Waals surface area contributed by atoms with Crippen molar-refractivity contribution in [1.82, 2.24) is 19.9 Å². The van der Waals surface area contributed by atoms with E-state index < -0.39 is 6.04 Å². The standard InChI is InChI=1S/C29H26N4O/c34-29(31-20-18-24-15-9-10-19-30-24)28(23-13-5-2-6-14-23)33-26-17-8-7-16-25(26)32-27(33)21-22-11-3-1-4-12-22/h1-17,19,28H,18,20-21H2,(H,31,34)/t28-/m0/s1. The summed E-state index contributed by atoms with van der Waals surface area (Å²) in [4.78, 5) is 23.0. The van der Waals surface area contributed by atoms with Crippen molar-refractivity contribution in [3.05, 3.63) is 132 Å².